The SMILES string of the molecule is CCC[C@@H](C)NC(=O)CSc1nc2ccccc2c(=O)n1CCC[NH+](CC)CC. The van der Waals surface area contributed by atoms with Gasteiger partial charge in [0.1, 0.15) is 0 Å². The van der Waals surface area contributed by atoms with E-state index in [0.29, 0.717) is 22.6 Å². The van der Waals surface area contributed by atoms with Gasteiger partial charge in [-0.15, -0.1) is 0 Å². The number of benzene rings is 1. The number of carbonyl (C=O) groups excluding carboxylic acids is 1. The van der Waals surface area contributed by atoms with Gasteiger partial charge in [-0.05, 0) is 39.3 Å². The van der Waals surface area contributed by atoms with Crippen LogP contribution >= 0.6 is 11.8 Å². The number of aromatic nitrogens is 2. The summed E-state index contributed by atoms with van der Waals surface area (Å²) < 4.78 is 1.75. The van der Waals surface area contributed by atoms with Crippen molar-refractivity contribution in [1.29, 1.82) is 0 Å². The van der Waals surface area contributed by atoms with Gasteiger partial charge in [0, 0.05) is 19.0 Å². The summed E-state index contributed by atoms with van der Waals surface area (Å²) in [6.45, 7) is 12.3. The summed E-state index contributed by atoms with van der Waals surface area (Å²) in [6.07, 6.45) is 2.90. The average Bonchev–Trinajstić information content (AvgIpc) is 2.71. The van der Waals surface area contributed by atoms with Crippen LogP contribution in [0.15, 0.2) is 34.2 Å². The Hall–Kier alpha value is -1.86. The van der Waals surface area contributed by atoms with Crippen LogP contribution in [0, 0.1) is 0 Å². The topological polar surface area (TPSA) is 68.4 Å². The number of fused-ring (bicyclic) bond motifs is 1. The maximum Gasteiger partial charge on any atom is 0.262 e. The molecule has 0 aliphatic rings. The molecule has 160 valence electrons. The molecule has 7 heteroatoms. The highest BCUT2D eigenvalue weighted by Gasteiger charge is 2.15. The highest BCUT2D eigenvalue weighted by Crippen LogP contribution is 2.18. The van der Waals surface area contributed by atoms with Gasteiger partial charge >= 0.3 is 0 Å². The molecule has 0 fully saturated rings. The number of nitrogens with one attached hydrogen (secondary N) is 2. The van der Waals surface area contributed by atoms with E-state index in [1.54, 1.807) is 4.57 Å². The highest BCUT2D eigenvalue weighted by atomic mass is 32.2. The van der Waals surface area contributed by atoms with Gasteiger partial charge in [0.15, 0.2) is 5.16 Å². The Morgan fingerprint density at radius 3 is 2.66 bits per heavy atom. The lowest BCUT2D eigenvalue weighted by atomic mass is 10.2. The molecule has 0 unspecified atom stereocenters. The van der Waals surface area contributed by atoms with Crippen LogP contribution in [0.25, 0.3) is 10.9 Å². The summed E-state index contributed by atoms with van der Waals surface area (Å²) in [5, 5.41) is 4.28. The van der Waals surface area contributed by atoms with Gasteiger partial charge < -0.3 is 10.2 Å². The van der Waals surface area contributed by atoms with E-state index in [1.165, 1.54) is 16.7 Å². The molecule has 0 saturated carbocycles. The normalized spacial score (nSPS) is 12.4. The fraction of sp³-hybridized carbons (Fsp3) is 0.591. The van der Waals surface area contributed by atoms with Crippen molar-refractivity contribution in [2.24, 2.45) is 0 Å². The molecule has 0 aliphatic heterocycles. The zero-order chi connectivity index (χ0) is 21.2. The molecule has 1 aromatic heterocycles. The zero-order valence-corrected chi connectivity index (χ0v) is 19.0. The van der Waals surface area contributed by atoms with Crippen molar-refractivity contribution >= 4 is 28.6 Å². The highest BCUT2D eigenvalue weighted by molar-refractivity contribution is 7.99. The van der Waals surface area contributed by atoms with Gasteiger partial charge in [-0.25, -0.2) is 4.98 Å². The van der Waals surface area contributed by atoms with Crippen molar-refractivity contribution in [2.75, 3.05) is 25.4 Å². The fourth-order valence-electron chi connectivity index (χ4n) is 3.50. The number of thioether (sulfide) groups is 1. The van der Waals surface area contributed by atoms with Gasteiger partial charge in [0.2, 0.25) is 5.91 Å². The summed E-state index contributed by atoms with van der Waals surface area (Å²) in [6, 6.07) is 7.59. The Morgan fingerprint density at radius 2 is 1.97 bits per heavy atom. The van der Waals surface area contributed by atoms with E-state index >= 15 is 0 Å². The lowest BCUT2D eigenvalue weighted by molar-refractivity contribution is -0.896. The van der Waals surface area contributed by atoms with E-state index in [9.17, 15) is 9.59 Å². The van der Waals surface area contributed by atoms with Crippen molar-refractivity contribution in [3.05, 3.63) is 34.6 Å². The quantitative estimate of drug-likeness (QED) is 0.408. The third-order valence-corrected chi connectivity index (χ3v) is 6.18. The Morgan fingerprint density at radius 1 is 1.24 bits per heavy atom. The number of amides is 1. The van der Waals surface area contributed by atoms with E-state index in [0.717, 1.165) is 38.9 Å². The summed E-state index contributed by atoms with van der Waals surface area (Å²) in [4.78, 5) is 31.6. The van der Waals surface area contributed by atoms with E-state index in [2.05, 4.69) is 26.1 Å². The first kappa shape index (κ1) is 23.4. The standard InChI is InChI=1S/C22H34N4O2S/c1-5-11-17(4)23-20(27)16-29-22-24-19-13-9-8-12-18(19)21(28)26(22)15-10-14-25(6-2)7-3/h8-9,12-13,17H,5-7,10-11,14-16H2,1-4H3,(H,23,27)/p+1/t17-/m1/s1. The predicted molar refractivity (Wildman–Crippen MR) is 121 cm³/mol. The first-order valence-electron chi connectivity index (χ1n) is 10.7. The smallest absolute Gasteiger partial charge is 0.262 e. The largest absolute Gasteiger partial charge is 0.353 e. The molecule has 1 amide bonds. The first-order valence-corrected chi connectivity index (χ1v) is 11.7. The Labute approximate surface area is 178 Å². The third-order valence-electron chi connectivity index (χ3n) is 5.20. The van der Waals surface area contributed by atoms with Crippen LogP contribution in [0.3, 0.4) is 0 Å². The Bertz CT molecular complexity index is 848. The number of quaternary nitrogens is 1. The van der Waals surface area contributed by atoms with Gasteiger partial charge in [0.25, 0.3) is 5.56 Å². The summed E-state index contributed by atoms with van der Waals surface area (Å²) >= 11 is 1.35. The van der Waals surface area contributed by atoms with Crippen molar-refractivity contribution < 1.29 is 9.69 Å². The van der Waals surface area contributed by atoms with Gasteiger partial charge in [-0.1, -0.05) is 37.2 Å². The monoisotopic (exact) mass is 419 g/mol. The van der Waals surface area contributed by atoms with E-state index < -0.39 is 0 Å². The minimum absolute atomic E-state index is 0.0162. The molecule has 0 radical (unpaired) electrons. The number of hydrogen-bond acceptors (Lipinski definition) is 4. The Balaban J connectivity index is 2.18. The average molecular weight is 420 g/mol. The Kier molecular flexibility index (Phi) is 9.67. The van der Waals surface area contributed by atoms with Gasteiger partial charge in [-0.2, -0.15) is 0 Å². The van der Waals surface area contributed by atoms with E-state index in [4.69, 9.17) is 4.98 Å². The van der Waals surface area contributed by atoms with Crippen LogP contribution in [-0.2, 0) is 11.3 Å². The van der Waals surface area contributed by atoms with Crippen molar-refractivity contribution in [3.8, 4) is 0 Å². The maximum atomic E-state index is 13.1. The second kappa shape index (κ2) is 12.0. The molecule has 6 nitrogen and oxygen atoms in total. The molecule has 0 spiro atoms. The van der Waals surface area contributed by atoms with E-state index in [1.807, 2.05) is 31.2 Å². The molecule has 2 N–H and O–H groups in total. The summed E-state index contributed by atoms with van der Waals surface area (Å²) in [5.41, 5.74) is 0.665. The molecule has 1 heterocycles. The van der Waals surface area contributed by atoms with Gasteiger partial charge in [0.05, 0.1) is 36.3 Å². The number of para-hydroxylation sites is 1. The molecule has 2 rings (SSSR count). The number of carbonyl (C=O) groups is 1. The molecular weight excluding hydrogens is 384 g/mol. The maximum absolute atomic E-state index is 13.1. The van der Waals surface area contributed by atoms with Crippen molar-refractivity contribution in [3.63, 3.8) is 0 Å². The summed E-state index contributed by atoms with van der Waals surface area (Å²) in [5.74, 6) is 0.248. The summed E-state index contributed by atoms with van der Waals surface area (Å²) in [7, 11) is 0. The van der Waals surface area contributed by atoms with Crippen LogP contribution in [0.5, 0.6) is 0 Å². The number of rotatable bonds is 12. The lowest BCUT2D eigenvalue weighted by Crippen LogP contribution is -3.11. The molecule has 1 atom stereocenters. The molecule has 0 saturated heterocycles. The van der Waals surface area contributed by atoms with Crippen LogP contribution < -0.4 is 15.8 Å². The van der Waals surface area contributed by atoms with Crippen LogP contribution in [-0.4, -0.2) is 46.9 Å². The van der Waals surface area contributed by atoms with E-state index in [-0.39, 0.29) is 23.3 Å². The predicted octanol–water partition coefficient (Wildman–Crippen LogP) is 2.11. The first-order chi connectivity index (χ1) is 14.0. The molecule has 1 aromatic carbocycles. The fourth-order valence-corrected chi connectivity index (χ4v) is 4.33. The number of hydrogen-bond donors (Lipinski definition) is 2. The van der Waals surface area contributed by atoms with Crippen LogP contribution in [0.4, 0.5) is 0 Å². The van der Waals surface area contributed by atoms with Crippen molar-refractivity contribution in [1.82, 2.24) is 14.9 Å². The molecular formula is C22H35N4O2S+. The molecule has 0 aliphatic carbocycles. The van der Waals surface area contributed by atoms with Crippen LogP contribution in [0.1, 0.15) is 47.0 Å². The minimum Gasteiger partial charge on any atom is -0.353 e. The minimum atomic E-state index is -0.0209. The van der Waals surface area contributed by atoms with Gasteiger partial charge in [-0.3, -0.25) is 14.2 Å². The molecule has 0 bridgehead atoms. The lowest BCUT2D eigenvalue weighted by Gasteiger charge is -2.17. The van der Waals surface area contributed by atoms with Crippen LogP contribution in [0.2, 0.25) is 0 Å². The zero-order valence-electron chi connectivity index (χ0n) is 18.2. The second-order valence-corrected chi connectivity index (χ2v) is 8.42. The third kappa shape index (κ3) is 6.85. The number of nitrogens with zero attached hydrogens (tertiary/aromatic N) is 2. The molecule has 29 heavy (non-hydrogen) atoms. The van der Waals surface area contributed by atoms with Crippen molar-refractivity contribution in [2.45, 2.75) is 64.7 Å². The molecule has 2 aromatic rings. The second-order valence-electron chi connectivity index (χ2n) is 7.47.